The number of benzene rings is 1. The number of hydrogen-bond acceptors (Lipinski definition) is 5. The van der Waals surface area contributed by atoms with Gasteiger partial charge in [-0.15, -0.1) is 0 Å². The Morgan fingerprint density at radius 1 is 1.26 bits per heavy atom. The van der Waals surface area contributed by atoms with Crippen LogP contribution in [0.3, 0.4) is 0 Å². The highest BCUT2D eigenvalue weighted by molar-refractivity contribution is 7.71. The maximum atomic E-state index is 12.5. The highest BCUT2D eigenvalue weighted by atomic mass is 32.1. The highest BCUT2D eigenvalue weighted by Crippen LogP contribution is 2.15. The van der Waals surface area contributed by atoms with Gasteiger partial charge in [0, 0.05) is 25.2 Å². The molecular formula is C16H21N5OS. The van der Waals surface area contributed by atoms with Crippen LogP contribution in [-0.2, 0) is 5.41 Å². The van der Waals surface area contributed by atoms with Crippen molar-refractivity contribution in [1.82, 2.24) is 14.9 Å². The predicted octanol–water partition coefficient (Wildman–Crippen LogP) is 2.55. The Morgan fingerprint density at radius 2 is 1.87 bits per heavy atom. The molecule has 0 saturated heterocycles. The van der Waals surface area contributed by atoms with Crippen LogP contribution < -0.4 is 10.5 Å². The summed E-state index contributed by atoms with van der Waals surface area (Å²) in [6.07, 6.45) is 1.61. The van der Waals surface area contributed by atoms with Crippen LogP contribution in [0.25, 0.3) is 0 Å². The van der Waals surface area contributed by atoms with Crippen molar-refractivity contribution in [1.29, 1.82) is 0 Å². The smallest absolute Gasteiger partial charge is 0.297 e. The zero-order valence-corrected chi connectivity index (χ0v) is 14.8. The molecule has 0 spiro atoms. The monoisotopic (exact) mass is 331 g/mol. The van der Waals surface area contributed by atoms with Crippen molar-refractivity contribution in [2.45, 2.75) is 26.2 Å². The van der Waals surface area contributed by atoms with Gasteiger partial charge in [0.15, 0.2) is 0 Å². The van der Waals surface area contributed by atoms with E-state index >= 15 is 0 Å². The van der Waals surface area contributed by atoms with E-state index in [9.17, 15) is 4.79 Å². The second-order valence-electron chi connectivity index (χ2n) is 6.47. The van der Waals surface area contributed by atoms with Crippen LogP contribution in [0.15, 0.2) is 34.2 Å². The summed E-state index contributed by atoms with van der Waals surface area (Å²) in [5, 5.41) is 11.0. The second-order valence-corrected chi connectivity index (χ2v) is 6.86. The summed E-state index contributed by atoms with van der Waals surface area (Å²) in [4.78, 5) is 14.5. The zero-order chi connectivity index (χ0) is 17.2. The number of rotatable bonds is 3. The van der Waals surface area contributed by atoms with Crippen LogP contribution in [0.4, 0.5) is 5.69 Å². The molecule has 0 aliphatic rings. The summed E-state index contributed by atoms with van der Waals surface area (Å²) in [5.41, 5.74) is 1.68. The van der Waals surface area contributed by atoms with E-state index in [2.05, 4.69) is 15.3 Å². The van der Waals surface area contributed by atoms with Crippen LogP contribution in [0.2, 0.25) is 0 Å². The van der Waals surface area contributed by atoms with Crippen LogP contribution in [0.1, 0.15) is 32.0 Å². The molecule has 0 unspecified atom stereocenters. The van der Waals surface area contributed by atoms with E-state index in [0.717, 1.165) is 11.3 Å². The first-order valence-electron chi connectivity index (χ1n) is 7.24. The largest absolute Gasteiger partial charge is 0.378 e. The van der Waals surface area contributed by atoms with Crippen molar-refractivity contribution < 1.29 is 0 Å². The molecule has 0 bridgehead atoms. The molecule has 0 fully saturated rings. The summed E-state index contributed by atoms with van der Waals surface area (Å²) in [6.45, 7) is 5.75. The first-order chi connectivity index (χ1) is 10.7. The lowest BCUT2D eigenvalue weighted by molar-refractivity contribution is 0.529. The van der Waals surface area contributed by atoms with Gasteiger partial charge in [-0.3, -0.25) is 9.89 Å². The Morgan fingerprint density at radius 3 is 2.39 bits per heavy atom. The normalized spacial score (nSPS) is 11.9. The standard InChI is InChI=1S/C16H21N5OS/c1-16(2,3)13-14(22)21(15(23)19-18-13)17-10-11-6-8-12(9-7-11)20(4)5/h6-10H,1-5H3,(H,19,23)/b17-10-. The van der Waals surface area contributed by atoms with E-state index in [-0.39, 0.29) is 15.7 Å². The lowest BCUT2D eigenvalue weighted by Gasteiger charge is -2.16. The molecule has 0 amide bonds. The molecule has 6 nitrogen and oxygen atoms in total. The Bertz CT molecular complexity index is 825. The molecule has 0 radical (unpaired) electrons. The molecular weight excluding hydrogens is 310 g/mol. The van der Waals surface area contributed by atoms with Crippen molar-refractivity contribution in [2.75, 3.05) is 19.0 Å². The van der Waals surface area contributed by atoms with E-state index < -0.39 is 0 Å². The SMILES string of the molecule is CN(C)c1ccc(/C=N\n2c(=S)[nH]nc(C(C)(C)C)c2=O)cc1. The van der Waals surface area contributed by atoms with Gasteiger partial charge in [0.2, 0.25) is 4.77 Å². The predicted molar refractivity (Wildman–Crippen MR) is 96.1 cm³/mol. The first kappa shape index (κ1) is 17.1. The summed E-state index contributed by atoms with van der Waals surface area (Å²) in [7, 11) is 3.96. The Labute approximate surface area is 140 Å². The number of H-pyrrole nitrogens is 1. The van der Waals surface area contributed by atoms with Gasteiger partial charge in [-0.1, -0.05) is 32.9 Å². The molecule has 2 aromatic rings. The third kappa shape index (κ3) is 3.92. The molecule has 1 aromatic heterocycles. The quantitative estimate of drug-likeness (QED) is 0.693. The minimum Gasteiger partial charge on any atom is -0.378 e. The zero-order valence-electron chi connectivity index (χ0n) is 14.0. The maximum absolute atomic E-state index is 12.5. The number of aromatic nitrogens is 3. The van der Waals surface area contributed by atoms with E-state index in [0.29, 0.717) is 5.69 Å². The fourth-order valence-corrected chi connectivity index (χ4v) is 2.14. The van der Waals surface area contributed by atoms with E-state index in [1.807, 2.05) is 64.0 Å². The molecule has 1 N–H and O–H groups in total. The minimum atomic E-state index is -0.388. The van der Waals surface area contributed by atoms with Crippen molar-refractivity contribution >= 4 is 24.1 Å². The summed E-state index contributed by atoms with van der Waals surface area (Å²) >= 11 is 5.12. The van der Waals surface area contributed by atoms with E-state index in [4.69, 9.17) is 12.2 Å². The fraction of sp³-hybridized carbons (Fsp3) is 0.375. The molecule has 0 aliphatic heterocycles. The summed E-state index contributed by atoms with van der Waals surface area (Å²) < 4.78 is 1.34. The van der Waals surface area contributed by atoms with Gasteiger partial charge in [0.05, 0.1) is 6.21 Å². The molecule has 2 rings (SSSR count). The second kappa shape index (κ2) is 6.45. The Kier molecular flexibility index (Phi) is 4.79. The topological polar surface area (TPSA) is 66.3 Å². The van der Waals surface area contributed by atoms with Crippen molar-refractivity contribution in [3.05, 3.63) is 50.6 Å². The molecule has 7 heteroatoms. The number of nitrogens with zero attached hydrogens (tertiary/aromatic N) is 4. The number of anilines is 1. The fourth-order valence-electron chi connectivity index (χ4n) is 1.97. The third-order valence-corrected chi connectivity index (χ3v) is 3.56. The van der Waals surface area contributed by atoms with Crippen molar-refractivity contribution in [2.24, 2.45) is 5.10 Å². The molecule has 0 saturated carbocycles. The average molecular weight is 331 g/mol. The number of aromatic amines is 1. The van der Waals surface area contributed by atoms with Crippen LogP contribution in [0, 0.1) is 4.77 Å². The van der Waals surface area contributed by atoms with Gasteiger partial charge in [0.25, 0.3) is 5.56 Å². The summed E-state index contributed by atoms with van der Waals surface area (Å²) in [6, 6.07) is 7.83. The number of nitrogens with one attached hydrogen (secondary N) is 1. The first-order valence-corrected chi connectivity index (χ1v) is 7.65. The number of hydrogen-bond donors (Lipinski definition) is 1. The average Bonchev–Trinajstić information content (AvgIpc) is 2.46. The lowest BCUT2D eigenvalue weighted by atomic mass is 9.93. The van der Waals surface area contributed by atoms with Gasteiger partial charge in [-0.25, -0.2) is 0 Å². The highest BCUT2D eigenvalue weighted by Gasteiger charge is 2.21. The Balaban J connectivity index is 2.40. The third-order valence-electron chi connectivity index (χ3n) is 3.29. The minimum absolute atomic E-state index is 0.171. The molecule has 122 valence electrons. The van der Waals surface area contributed by atoms with Crippen LogP contribution in [-0.4, -0.2) is 35.2 Å². The molecule has 23 heavy (non-hydrogen) atoms. The van der Waals surface area contributed by atoms with Gasteiger partial charge < -0.3 is 4.90 Å². The van der Waals surface area contributed by atoms with E-state index in [1.54, 1.807) is 6.21 Å². The van der Waals surface area contributed by atoms with Gasteiger partial charge in [-0.2, -0.15) is 14.9 Å². The molecule has 1 heterocycles. The molecule has 0 atom stereocenters. The van der Waals surface area contributed by atoms with Gasteiger partial charge in [0.1, 0.15) is 5.69 Å². The van der Waals surface area contributed by atoms with Gasteiger partial charge >= 0.3 is 0 Å². The van der Waals surface area contributed by atoms with Crippen molar-refractivity contribution in [3.8, 4) is 0 Å². The van der Waals surface area contributed by atoms with Crippen molar-refractivity contribution in [3.63, 3.8) is 0 Å². The van der Waals surface area contributed by atoms with Crippen LogP contribution >= 0.6 is 12.2 Å². The molecule has 0 aliphatic carbocycles. The molecule has 1 aromatic carbocycles. The Hall–Kier alpha value is -2.28. The maximum Gasteiger partial charge on any atom is 0.297 e. The summed E-state index contributed by atoms with van der Waals surface area (Å²) in [5.74, 6) is 0. The van der Waals surface area contributed by atoms with Gasteiger partial charge in [-0.05, 0) is 29.9 Å². The van der Waals surface area contributed by atoms with E-state index in [1.165, 1.54) is 4.68 Å². The van der Waals surface area contributed by atoms with Crippen LogP contribution in [0.5, 0.6) is 0 Å². The lowest BCUT2D eigenvalue weighted by Crippen LogP contribution is -2.32.